The van der Waals surface area contributed by atoms with Crippen molar-refractivity contribution in [1.82, 2.24) is 25.2 Å². The third-order valence-corrected chi connectivity index (χ3v) is 3.97. The van der Waals surface area contributed by atoms with Crippen LogP contribution in [0, 0.1) is 6.92 Å². The number of hydrogen-bond acceptors (Lipinski definition) is 6. The molecule has 7 nitrogen and oxygen atoms in total. The summed E-state index contributed by atoms with van der Waals surface area (Å²) in [5.74, 6) is 0.123. The normalized spacial score (nSPS) is 10.7. The first-order valence-electron chi connectivity index (χ1n) is 5.91. The van der Waals surface area contributed by atoms with Gasteiger partial charge in [0.1, 0.15) is 4.83 Å². The van der Waals surface area contributed by atoms with Gasteiger partial charge in [0.15, 0.2) is 0 Å². The number of nitrogens with zero attached hydrogens (tertiary/aromatic N) is 4. The van der Waals surface area contributed by atoms with E-state index in [9.17, 15) is 4.79 Å². The zero-order valence-electron chi connectivity index (χ0n) is 10.9. The fourth-order valence-electron chi connectivity index (χ4n) is 1.86. The molecule has 3 heterocycles. The van der Waals surface area contributed by atoms with E-state index in [0.717, 1.165) is 15.9 Å². The largest absolute Gasteiger partial charge is 0.279 e. The lowest BCUT2D eigenvalue weighted by Crippen LogP contribution is -2.29. The van der Waals surface area contributed by atoms with E-state index in [-0.39, 0.29) is 5.91 Å². The molecule has 102 valence electrons. The Morgan fingerprint density at radius 1 is 1.35 bits per heavy atom. The zero-order chi connectivity index (χ0) is 14.1. The third kappa shape index (κ3) is 2.21. The quantitative estimate of drug-likeness (QED) is 0.713. The van der Waals surface area contributed by atoms with Crippen molar-refractivity contribution in [3.05, 3.63) is 35.1 Å². The monoisotopic (exact) mass is 288 g/mol. The molecule has 0 radical (unpaired) electrons. The first-order chi connectivity index (χ1) is 9.65. The first kappa shape index (κ1) is 12.5. The SMILES string of the molecule is Cc1nn(C)c2sc(C(=O)NNc3ncccn3)cc12. The molecule has 8 heteroatoms. The van der Waals surface area contributed by atoms with E-state index in [1.807, 2.05) is 20.0 Å². The van der Waals surface area contributed by atoms with Gasteiger partial charge in [-0.25, -0.2) is 9.97 Å². The highest BCUT2D eigenvalue weighted by Gasteiger charge is 2.14. The lowest BCUT2D eigenvalue weighted by molar-refractivity contribution is 0.0966. The van der Waals surface area contributed by atoms with Gasteiger partial charge in [0.25, 0.3) is 5.91 Å². The molecular weight excluding hydrogens is 276 g/mol. The number of carbonyl (C=O) groups is 1. The Hall–Kier alpha value is -2.48. The Bertz CT molecular complexity index is 728. The maximum Gasteiger partial charge on any atom is 0.279 e. The predicted molar refractivity (Wildman–Crippen MR) is 76.4 cm³/mol. The van der Waals surface area contributed by atoms with Gasteiger partial charge in [-0.05, 0) is 19.1 Å². The number of rotatable bonds is 3. The fraction of sp³-hybridized carbons (Fsp3) is 0.167. The Morgan fingerprint density at radius 3 is 2.80 bits per heavy atom. The molecule has 0 unspecified atom stereocenters. The number of hydrazine groups is 1. The molecule has 0 spiro atoms. The van der Waals surface area contributed by atoms with Gasteiger partial charge < -0.3 is 0 Å². The minimum Gasteiger partial charge on any atom is -0.266 e. The van der Waals surface area contributed by atoms with Crippen molar-refractivity contribution in [3.8, 4) is 0 Å². The molecule has 0 aromatic carbocycles. The molecule has 0 aliphatic rings. The number of fused-ring (bicyclic) bond motifs is 1. The summed E-state index contributed by atoms with van der Waals surface area (Å²) in [4.78, 5) is 21.6. The van der Waals surface area contributed by atoms with Crippen LogP contribution >= 0.6 is 11.3 Å². The third-order valence-electron chi connectivity index (χ3n) is 2.77. The number of aromatic nitrogens is 4. The van der Waals surface area contributed by atoms with E-state index in [4.69, 9.17) is 0 Å². The summed E-state index contributed by atoms with van der Waals surface area (Å²) in [7, 11) is 1.86. The maximum absolute atomic E-state index is 12.1. The summed E-state index contributed by atoms with van der Waals surface area (Å²) < 4.78 is 1.78. The van der Waals surface area contributed by atoms with E-state index < -0.39 is 0 Å². The molecule has 1 amide bonds. The summed E-state index contributed by atoms with van der Waals surface area (Å²) in [5, 5.41) is 5.30. The molecule has 20 heavy (non-hydrogen) atoms. The van der Waals surface area contributed by atoms with Crippen molar-refractivity contribution in [2.24, 2.45) is 7.05 Å². The highest BCUT2D eigenvalue weighted by molar-refractivity contribution is 7.20. The van der Waals surface area contributed by atoms with Gasteiger partial charge in [-0.2, -0.15) is 5.10 Å². The molecule has 3 aromatic heterocycles. The standard InChI is InChI=1S/C12H12N6OS/c1-7-8-6-9(20-11(8)18(2)17-7)10(19)15-16-12-13-4-3-5-14-12/h3-6H,1-2H3,(H,15,19)(H,13,14,16). The van der Waals surface area contributed by atoms with E-state index in [1.54, 1.807) is 23.1 Å². The number of carbonyl (C=O) groups excluding carboxylic acids is 1. The molecule has 0 aliphatic carbocycles. The summed E-state index contributed by atoms with van der Waals surface area (Å²) >= 11 is 1.40. The Kier molecular flexibility index (Phi) is 3.07. The van der Waals surface area contributed by atoms with E-state index in [1.165, 1.54) is 11.3 Å². The Balaban J connectivity index is 1.77. The molecule has 0 saturated heterocycles. The first-order valence-corrected chi connectivity index (χ1v) is 6.73. The van der Waals surface area contributed by atoms with E-state index >= 15 is 0 Å². The number of thiophene rings is 1. The van der Waals surface area contributed by atoms with Crippen LogP contribution < -0.4 is 10.9 Å². The minimum absolute atomic E-state index is 0.224. The topological polar surface area (TPSA) is 84.7 Å². The number of hydrogen-bond donors (Lipinski definition) is 2. The zero-order valence-corrected chi connectivity index (χ0v) is 11.7. The van der Waals surface area contributed by atoms with Gasteiger partial charge in [-0.1, -0.05) is 0 Å². The van der Waals surface area contributed by atoms with Crippen LogP contribution in [0.3, 0.4) is 0 Å². The predicted octanol–water partition coefficient (Wildman–Crippen LogP) is 1.49. The van der Waals surface area contributed by atoms with Gasteiger partial charge in [0.05, 0.1) is 10.6 Å². The van der Waals surface area contributed by atoms with Crippen molar-refractivity contribution in [3.63, 3.8) is 0 Å². The van der Waals surface area contributed by atoms with Crippen LogP contribution in [-0.2, 0) is 7.05 Å². The van der Waals surface area contributed by atoms with Crippen LogP contribution in [0.1, 0.15) is 15.4 Å². The molecule has 2 N–H and O–H groups in total. The number of amides is 1. The summed E-state index contributed by atoms with van der Waals surface area (Å²) in [6, 6.07) is 3.54. The molecule has 0 saturated carbocycles. The average molecular weight is 288 g/mol. The van der Waals surface area contributed by atoms with Crippen LogP contribution in [0.25, 0.3) is 10.2 Å². The van der Waals surface area contributed by atoms with Crippen molar-refractivity contribution in [2.45, 2.75) is 6.92 Å². The summed E-state index contributed by atoms with van der Waals surface area (Å²) in [5.41, 5.74) is 6.16. The van der Waals surface area contributed by atoms with Gasteiger partial charge in [0.2, 0.25) is 5.95 Å². The molecule has 3 rings (SSSR count). The molecule has 0 fully saturated rings. The van der Waals surface area contributed by atoms with E-state index in [2.05, 4.69) is 25.9 Å². The highest BCUT2D eigenvalue weighted by atomic mass is 32.1. The molecule has 3 aromatic rings. The van der Waals surface area contributed by atoms with Crippen LogP contribution in [0.5, 0.6) is 0 Å². The second-order valence-electron chi connectivity index (χ2n) is 4.19. The lowest BCUT2D eigenvalue weighted by Gasteiger charge is -2.04. The Labute approximate surface area is 118 Å². The Morgan fingerprint density at radius 2 is 2.10 bits per heavy atom. The van der Waals surface area contributed by atoms with Gasteiger partial charge in [-0.3, -0.25) is 20.3 Å². The van der Waals surface area contributed by atoms with Gasteiger partial charge >= 0.3 is 0 Å². The second-order valence-corrected chi connectivity index (χ2v) is 5.22. The molecule has 0 bridgehead atoms. The van der Waals surface area contributed by atoms with Gasteiger partial charge in [0, 0.05) is 24.8 Å². The highest BCUT2D eigenvalue weighted by Crippen LogP contribution is 2.27. The maximum atomic E-state index is 12.1. The molecule has 0 aliphatic heterocycles. The summed E-state index contributed by atoms with van der Waals surface area (Å²) in [6.07, 6.45) is 3.19. The number of aryl methyl sites for hydroxylation is 2. The van der Waals surface area contributed by atoms with Crippen LogP contribution in [0.15, 0.2) is 24.5 Å². The summed E-state index contributed by atoms with van der Waals surface area (Å²) in [6.45, 7) is 1.92. The fourth-order valence-corrected chi connectivity index (χ4v) is 2.87. The van der Waals surface area contributed by atoms with E-state index in [0.29, 0.717) is 10.8 Å². The van der Waals surface area contributed by atoms with Crippen LogP contribution in [0.4, 0.5) is 5.95 Å². The van der Waals surface area contributed by atoms with Crippen molar-refractivity contribution >= 4 is 33.4 Å². The molecular formula is C12H12N6OS. The smallest absolute Gasteiger partial charge is 0.266 e. The van der Waals surface area contributed by atoms with Crippen molar-refractivity contribution < 1.29 is 4.79 Å². The van der Waals surface area contributed by atoms with Crippen molar-refractivity contribution in [1.29, 1.82) is 0 Å². The van der Waals surface area contributed by atoms with Crippen LogP contribution in [0.2, 0.25) is 0 Å². The van der Waals surface area contributed by atoms with Crippen molar-refractivity contribution in [2.75, 3.05) is 5.43 Å². The average Bonchev–Trinajstić information content (AvgIpc) is 3.00. The lowest BCUT2D eigenvalue weighted by atomic mass is 10.3. The minimum atomic E-state index is -0.224. The van der Waals surface area contributed by atoms with Gasteiger partial charge in [-0.15, -0.1) is 11.3 Å². The van der Waals surface area contributed by atoms with Crippen LogP contribution in [-0.4, -0.2) is 25.7 Å². The molecule has 0 atom stereocenters. The number of nitrogens with one attached hydrogen (secondary N) is 2. The second kappa shape index (κ2) is 4.89. The number of anilines is 1.